The van der Waals surface area contributed by atoms with Crippen molar-refractivity contribution in [3.63, 3.8) is 0 Å². The van der Waals surface area contributed by atoms with Gasteiger partial charge in [0.2, 0.25) is 11.8 Å². The van der Waals surface area contributed by atoms with Gasteiger partial charge in [-0.3, -0.25) is 9.59 Å². The first-order valence-corrected chi connectivity index (χ1v) is 9.40. The van der Waals surface area contributed by atoms with Gasteiger partial charge in [-0.1, -0.05) is 39.0 Å². The lowest BCUT2D eigenvalue weighted by atomic mass is 9.99. The highest BCUT2D eigenvalue weighted by Crippen LogP contribution is 2.48. The van der Waals surface area contributed by atoms with Gasteiger partial charge in [0.05, 0.1) is 0 Å². The molecule has 0 spiro atoms. The number of rotatable bonds is 5. The first kappa shape index (κ1) is 17.9. The molecule has 0 atom stereocenters. The second kappa shape index (κ2) is 7.16. The van der Waals surface area contributed by atoms with Crippen LogP contribution in [0.25, 0.3) is 0 Å². The summed E-state index contributed by atoms with van der Waals surface area (Å²) in [5.74, 6) is 0.204. The number of carbonyl (C=O) groups excluding carboxylic acids is 2. The van der Waals surface area contributed by atoms with Crippen LogP contribution in [0.3, 0.4) is 0 Å². The number of anilines is 1. The maximum absolute atomic E-state index is 13.0. The third-order valence-electron chi connectivity index (χ3n) is 5.53. The minimum Gasteiger partial charge on any atom is -0.339 e. The van der Waals surface area contributed by atoms with E-state index >= 15 is 0 Å². The molecule has 2 aliphatic rings. The lowest BCUT2D eigenvalue weighted by molar-refractivity contribution is -0.143. The van der Waals surface area contributed by atoms with Gasteiger partial charge in [0.15, 0.2) is 0 Å². The van der Waals surface area contributed by atoms with Crippen LogP contribution >= 0.6 is 0 Å². The van der Waals surface area contributed by atoms with Gasteiger partial charge in [0, 0.05) is 31.9 Å². The van der Waals surface area contributed by atoms with E-state index < -0.39 is 5.41 Å². The number of para-hydroxylation sites is 1. The van der Waals surface area contributed by atoms with Crippen molar-refractivity contribution >= 4 is 17.5 Å². The van der Waals surface area contributed by atoms with Gasteiger partial charge in [-0.15, -0.1) is 0 Å². The van der Waals surface area contributed by atoms with Crippen LogP contribution in [0.1, 0.15) is 45.1 Å². The number of amides is 2. The van der Waals surface area contributed by atoms with E-state index in [9.17, 15) is 9.59 Å². The van der Waals surface area contributed by atoms with Crippen LogP contribution in [-0.4, -0.2) is 54.3 Å². The summed E-state index contributed by atoms with van der Waals surface area (Å²) in [6, 6.07) is 7.86. The molecule has 1 heterocycles. The largest absolute Gasteiger partial charge is 0.339 e. The Morgan fingerprint density at radius 1 is 1.12 bits per heavy atom. The first-order chi connectivity index (χ1) is 12.0. The van der Waals surface area contributed by atoms with Crippen molar-refractivity contribution in [3.8, 4) is 0 Å². The normalized spacial score (nSPS) is 19.8. The van der Waals surface area contributed by atoms with Crippen molar-refractivity contribution < 1.29 is 9.59 Å². The van der Waals surface area contributed by atoms with Crippen LogP contribution in [0.15, 0.2) is 24.3 Å². The Morgan fingerprint density at radius 3 is 2.32 bits per heavy atom. The number of piperazine rings is 1. The fourth-order valence-corrected chi connectivity index (χ4v) is 3.59. The molecule has 0 unspecified atom stereocenters. The zero-order chi connectivity index (χ0) is 18.0. The molecule has 1 aromatic rings. The van der Waals surface area contributed by atoms with E-state index in [1.807, 2.05) is 29.2 Å². The van der Waals surface area contributed by atoms with Crippen molar-refractivity contribution in [1.82, 2.24) is 9.80 Å². The molecule has 0 radical (unpaired) electrons. The zero-order valence-corrected chi connectivity index (χ0v) is 15.5. The predicted octanol–water partition coefficient (Wildman–Crippen LogP) is 2.69. The average molecular weight is 343 g/mol. The van der Waals surface area contributed by atoms with Crippen molar-refractivity contribution in [2.75, 3.05) is 38.0 Å². The number of benzene rings is 1. The van der Waals surface area contributed by atoms with Crippen LogP contribution in [0.4, 0.5) is 5.69 Å². The Labute approximate surface area is 150 Å². The number of hydrogen-bond donors (Lipinski definition) is 1. The van der Waals surface area contributed by atoms with Gasteiger partial charge in [-0.2, -0.15) is 0 Å². The van der Waals surface area contributed by atoms with Crippen molar-refractivity contribution in [2.45, 2.75) is 39.5 Å². The van der Waals surface area contributed by atoms with E-state index in [2.05, 4.69) is 31.0 Å². The Kier molecular flexibility index (Phi) is 5.13. The maximum atomic E-state index is 13.0. The van der Waals surface area contributed by atoms with Crippen LogP contribution in [0, 0.1) is 5.41 Å². The molecule has 1 aliphatic heterocycles. The minimum atomic E-state index is -0.835. The summed E-state index contributed by atoms with van der Waals surface area (Å²) >= 11 is 0. The quantitative estimate of drug-likeness (QED) is 0.837. The summed E-state index contributed by atoms with van der Waals surface area (Å²) in [4.78, 5) is 30.1. The Balaban J connectivity index is 1.69. The molecule has 2 fully saturated rings. The second-order valence-corrected chi connectivity index (χ2v) is 7.50. The number of nitrogens with one attached hydrogen (secondary N) is 1. The molecule has 5 nitrogen and oxygen atoms in total. The molecule has 2 amide bonds. The number of likely N-dealkylation sites (N-methyl/N-ethyl adjacent to an activating group) is 1. The minimum absolute atomic E-state index is 0.0165. The van der Waals surface area contributed by atoms with Crippen molar-refractivity contribution in [1.29, 1.82) is 0 Å². The number of hydrogen-bond acceptors (Lipinski definition) is 3. The monoisotopic (exact) mass is 343 g/mol. The molecular weight excluding hydrogens is 314 g/mol. The summed E-state index contributed by atoms with van der Waals surface area (Å²) in [7, 11) is 0. The second-order valence-electron chi connectivity index (χ2n) is 7.50. The fourth-order valence-electron chi connectivity index (χ4n) is 3.59. The van der Waals surface area contributed by atoms with Gasteiger partial charge < -0.3 is 15.1 Å². The van der Waals surface area contributed by atoms with E-state index in [4.69, 9.17) is 0 Å². The number of nitrogens with zero attached hydrogens (tertiary/aromatic N) is 2. The van der Waals surface area contributed by atoms with E-state index in [1.54, 1.807) is 0 Å². The smallest absolute Gasteiger partial charge is 0.240 e. The SMILES string of the molecule is CCN1CCN(C(=O)C2(C(=O)Nc3ccccc3C(C)C)CC2)CC1. The molecule has 5 heteroatoms. The zero-order valence-electron chi connectivity index (χ0n) is 15.5. The van der Waals surface area contributed by atoms with E-state index in [-0.39, 0.29) is 11.8 Å². The molecule has 1 saturated carbocycles. The molecule has 136 valence electrons. The summed E-state index contributed by atoms with van der Waals surface area (Å²) in [5.41, 5.74) is 1.10. The lowest BCUT2D eigenvalue weighted by Gasteiger charge is -2.35. The fraction of sp³-hybridized carbons (Fsp3) is 0.600. The molecule has 1 aromatic carbocycles. The maximum Gasteiger partial charge on any atom is 0.240 e. The molecule has 1 N–H and O–H groups in total. The van der Waals surface area contributed by atoms with E-state index in [0.29, 0.717) is 18.8 Å². The van der Waals surface area contributed by atoms with E-state index in [1.165, 1.54) is 0 Å². The Bertz CT molecular complexity index is 644. The topological polar surface area (TPSA) is 52.7 Å². The van der Waals surface area contributed by atoms with Gasteiger partial charge in [-0.25, -0.2) is 0 Å². The third kappa shape index (κ3) is 3.56. The Morgan fingerprint density at radius 2 is 1.76 bits per heavy atom. The molecule has 1 saturated heterocycles. The highest BCUT2D eigenvalue weighted by atomic mass is 16.2. The van der Waals surface area contributed by atoms with Gasteiger partial charge in [0.1, 0.15) is 5.41 Å². The van der Waals surface area contributed by atoms with Crippen molar-refractivity contribution in [2.24, 2.45) is 5.41 Å². The predicted molar refractivity (Wildman–Crippen MR) is 99.5 cm³/mol. The molecule has 3 rings (SSSR count). The first-order valence-electron chi connectivity index (χ1n) is 9.40. The van der Waals surface area contributed by atoms with Gasteiger partial charge in [-0.05, 0) is 36.9 Å². The van der Waals surface area contributed by atoms with Gasteiger partial charge in [0.25, 0.3) is 0 Å². The molecule has 25 heavy (non-hydrogen) atoms. The summed E-state index contributed by atoms with van der Waals surface area (Å²) in [6.07, 6.45) is 1.32. The average Bonchev–Trinajstić information content (AvgIpc) is 3.43. The highest BCUT2D eigenvalue weighted by molar-refractivity contribution is 6.13. The van der Waals surface area contributed by atoms with Crippen LogP contribution in [0.5, 0.6) is 0 Å². The van der Waals surface area contributed by atoms with Crippen LogP contribution in [-0.2, 0) is 9.59 Å². The Hall–Kier alpha value is -1.88. The standard InChI is InChI=1S/C20H29N3O2/c1-4-22-11-13-23(14-12-22)19(25)20(9-10-20)18(24)21-17-8-6-5-7-16(17)15(2)3/h5-8,15H,4,9-14H2,1-3H3,(H,21,24). The van der Waals surface area contributed by atoms with E-state index in [0.717, 1.165) is 44.0 Å². The molecule has 1 aliphatic carbocycles. The third-order valence-corrected chi connectivity index (χ3v) is 5.53. The highest BCUT2D eigenvalue weighted by Gasteiger charge is 2.58. The molecule has 0 aromatic heterocycles. The number of carbonyl (C=O) groups is 2. The van der Waals surface area contributed by atoms with Crippen LogP contribution < -0.4 is 5.32 Å². The van der Waals surface area contributed by atoms with Crippen LogP contribution in [0.2, 0.25) is 0 Å². The molecule has 0 bridgehead atoms. The summed E-state index contributed by atoms with van der Waals surface area (Å²) in [6.45, 7) is 10.6. The summed E-state index contributed by atoms with van der Waals surface area (Å²) in [5, 5.41) is 3.04. The van der Waals surface area contributed by atoms with Gasteiger partial charge >= 0.3 is 0 Å². The molecular formula is C20H29N3O2. The summed E-state index contributed by atoms with van der Waals surface area (Å²) < 4.78 is 0. The lowest BCUT2D eigenvalue weighted by Crippen LogP contribution is -2.52. The van der Waals surface area contributed by atoms with Crippen molar-refractivity contribution in [3.05, 3.63) is 29.8 Å².